The lowest BCUT2D eigenvalue weighted by molar-refractivity contribution is -0.133. The van der Waals surface area contributed by atoms with E-state index >= 15 is 0 Å². The Hall–Kier alpha value is -3.51. The van der Waals surface area contributed by atoms with Crippen molar-refractivity contribution in [2.75, 3.05) is 43.2 Å². The number of halogens is 1. The molecule has 12 heteroatoms. The van der Waals surface area contributed by atoms with E-state index in [4.69, 9.17) is 19.6 Å². The van der Waals surface area contributed by atoms with Crippen molar-refractivity contribution >= 4 is 51.1 Å². The molecular weight excluding hydrogens is 644 g/mol. The lowest BCUT2D eigenvalue weighted by Gasteiger charge is -2.29. The molecule has 2 N–H and O–H groups in total. The molecule has 2 heterocycles. The van der Waals surface area contributed by atoms with Crippen LogP contribution in [-0.2, 0) is 9.59 Å². The van der Waals surface area contributed by atoms with Gasteiger partial charge in [0.1, 0.15) is 6.04 Å². The van der Waals surface area contributed by atoms with Gasteiger partial charge in [-0.15, -0.1) is 5.10 Å². The molecule has 1 aliphatic heterocycles. The lowest BCUT2D eigenvalue weighted by Crippen LogP contribution is -2.34. The van der Waals surface area contributed by atoms with Crippen LogP contribution in [0.5, 0.6) is 11.5 Å². The molecule has 1 aromatic heterocycles. The number of carbonyl (C=O) groups excluding carboxylic acids is 2. The lowest BCUT2D eigenvalue weighted by atomic mass is 9.94. The van der Waals surface area contributed by atoms with E-state index in [1.807, 2.05) is 65.0 Å². The zero-order valence-corrected chi connectivity index (χ0v) is 28.8. The summed E-state index contributed by atoms with van der Waals surface area (Å²) in [5.41, 5.74) is 4.73. The van der Waals surface area contributed by atoms with Crippen molar-refractivity contribution in [2.24, 2.45) is 0 Å². The van der Waals surface area contributed by atoms with E-state index in [0.29, 0.717) is 51.4 Å². The van der Waals surface area contributed by atoms with Crippen LogP contribution in [0.1, 0.15) is 63.3 Å². The summed E-state index contributed by atoms with van der Waals surface area (Å²) in [5.74, 6) is 1.91. The van der Waals surface area contributed by atoms with Crippen LogP contribution in [0.15, 0.2) is 51.2 Å². The second kappa shape index (κ2) is 15.0. The first-order valence-corrected chi connectivity index (χ1v) is 16.6. The van der Waals surface area contributed by atoms with Gasteiger partial charge in [-0.05, 0) is 91.9 Å². The molecule has 10 nitrogen and oxygen atoms in total. The molecule has 236 valence electrons. The molecule has 2 aromatic carbocycles. The minimum atomic E-state index is -0.624. The average Bonchev–Trinajstić information content (AvgIpc) is 3.40. The van der Waals surface area contributed by atoms with Crippen LogP contribution in [0.4, 0.5) is 11.6 Å². The van der Waals surface area contributed by atoms with Crippen molar-refractivity contribution in [2.45, 2.75) is 65.6 Å². The molecule has 4 rings (SSSR count). The van der Waals surface area contributed by atoms with Crippen molar-refractivity contribution in [1.82, 2.24) is 19.7 Å². The third kappa shape index (κ3) is 7.23. The predicted molar refractivity (Wildman–Crippen MR) is 179 cm³/mol. The standard InChI is InChI=1S/C32H41BrN6O4S/c1-8-11-15-44-32-36-31-34-21(6)27(30(41)35-24-14-12-13-19(4)20(24)5)28(39(31)37-32)22-16-23(33)29(25(17-22)42-7)43-18-26(40)38(9-2)10-3/h12-14,16-17,28H,8-11,15,18H2,1-7H3,(H,35,41)(H,34,36,37). The number of methoxy groups -OCH3 is 1. The highest BCUT2D eigenvalue weighted by Gasteiger charge is 2.35. The Morgan fingerprint density at radius 1 is 1.16 bits per heavy atom. The molecule has 0 bridgehead atoms. The molecule has 0 saturated carbocycles. The van der Waals surface area contributed by atoms with Gasteiger partial charge in [0.2, 0.25) is 11.1 Å². The summed E-state index contributed by atoms with van der Waals surface area (Å²) in [7, 11) is 1.55. The number of allylic oxidation sites excluding steroid dienone is 1. The van der Waals surface area contributed by atoms with Crippen molar-refractivity contribution in [3.63, 3.8) is 0 Å². The van der Waals surface area contributed by atoms with Crippen LogP contribution >= 0.6 is 27.7 Å². The number of carbonyl (C=O) groups is 2. The van der Waals surface area contributed by atoms with Crippen molar-refractivity contribution in [1.29, 1.82) is 0 Å². The van der Waals surface area contributed by atoms with Crippen LogP contribution in [0, 0.1) is 13.8 Å². The third-order valence-corrected chi connectivity index (χ3v) is 9.20. The average molecular weight is 686 g/mol. The van der Waals surface area contributed by atoms with Gasteiger partial charge in [0.05, 0.1) is 17.2 Å². The van der Waals surface area contributed by atoms with Gasteiger partial charge in [0.25, 0.3) is 11.8 Å². The molecule has 0 saturated heterocycles. The maximum Gasteiger partial charge on any atom is 0.260 e. The number of hydrogen-bond acceptors (Lipinski definition) is 8. The first-order valence-electron chi connectivity index (χ1n) is 14.9. The molecule has 1 atom stereocenters. The summed E-state index contributed by atoms with van der Waals surface area (Å²) in [6, 6.07) is 8.92. The summed E-state index contributed by atoms with van der Waals surface area (Å²) >= 11 is 5.24. The number of unbranched alkanes of at least 4 members (excludes halogenated alkanes) is 1. The maximum atomic E-state index is 14.1. The van der Waals surface area contributed by atoms with E-state index in [-0.39, 0.29) is 18.4 Å². The van der Waals surface area contributed by atoms with E-state index < -0.39 is 6.04 Å². The van der Waals surface area contributed by atoms with E-state index in [0.717, 1.165) is 41.0 Å². The van der Waals surface area contributed by atoms with Crippen LogP contribution in [0.25, 0.3) is 0 Å². The monoisotopic (exact) mass is 684 g/mol. The molecule has 0 radical (unpaired) electrons. The number of thioether (sulfide) groups is 1. The van der Waals surface area contributed by atoms with Gasteiger partial charge in [-0.1, -0.05) is 37.2 Å². The smallest absolute Gasteiger partial charge is 0.260 e. The topological polar surface area (TPSA) is 111 Å². The van der Waals surface area contributed by atoms with Crippen LogP contribution in [-0.4, -0.2) is 64.0 Å². The van der Waals surface area contributed by atoms with E-state index in [2.05, 4.69) is 33.5 Å². The Balaban J connectivity index is 1.77. The number of aromatic nitrogens is 3. The fourth-order valence-corrected chi connectivity index (χ4v) is 6.50. The number of aryl methyl sites for hydroxylation is 1. The van der Waals surface area contributed by atoms with Gasteiger partial charge in [-0.2, -0.15) is 4.98 Å². The Morgan fingerprint density at radius 2 is 1.91 bits per heavy atom. The number of ether oxygens (including phenoxy) is 2. The fraction of sp³-hybridized carbons (Fsp3) is 0.438. The SMILES string of the molecule is CCCCSc1nc2n(n1)C(c1cc(Br)c(OCC(=O)N(CC)CC)c(OC)c1)C(C(=O)Nc1cccc(C)c1C)=C(C)N2. The second-order valence-corrected chi connectivity index (χ2v) is 12.4. The molecule has 44 heavy (non-hydrogen) atoms. The van der Waals surface area contributed by atoms with Crippen LogP contribution < -0.4 is 20.1 Å². The van der Waals surface area contributed by atoms with Gasteiger partial charge in [-0.25, -0.2) is 4.68 Å². The minimum absolute atomic E-state index is 0.115. The number of hydrogen-bond donors (Lipinski definition) is 2. The largest absolute Gasteiger partial charge is 0.493 e. The molecule has 1 aliphatic rings. The molecular formula is C32H41BrN6O4S. The number of fused-ring (bicyclic) bond motifs is 1. The van der Waals surface area contributed by atoms with Crippen molar-refractivity contribution < 1.29 is 19.1 Å². The highest BCUT2D eigenvalue weighted by molar-refractivity contribution is 9.10. The predicted octanol–water partition coefficient (Wildman–Crippen LogP) is 6.73. The van der Waals surface area contributed by atoms with Gasteiger partial charge in [-0.3, -0.25) is 9.59 Å². The number of nitrogens with zero attached hydrogens (tertiary/aromatic N) is 4. The molecule has 0 aliphatic carbocycles. The highest BCUT2D eigenvalue weighted by atomic mass is 79.9. The summed E-state index contributed by atoms with van der Waals surface area (Å²) in [5, 5.41) is 11.9. The Morgan fingerprint density at radius 3 is 2.59 bits per heavy atom. The van der Waals surface area contributed by atoms with Gasteiger partial charge < -0.3 is 25.0 Å². The second-order valence-electron chi connectivity index (χ2n) is 10.5. The number of benzene rings is 2. The van der Waals surface area contributed by atoms with Crippen LogP contribution in [0.2, 0.25) is 0 Å². The minimum Gasteiger partial charge on any atom is -0.493 e. The quantitative estimate of drug-likeness (QED) is 0.151. The normalized spacial score (nSPS) is 14.1. The van der Waals surface area contributed by atoms with Crippen molar-refractivity contribution in [3.05, 3.63) is 62.8 Å². The van der Waals surface area contributed by atoms with E-state index in [1.165, 1.54) is 0 Å². The Bertz CT molecular complexity index is 1550. The summed E-state index contributed by atoms with van der Waals surface area (Å²) in [4.78, 5) is 33.2. The molecule has 3 aromatic rings. The molecule has 0 fully saturated rings. The summed E-state index contributed by atoms with van der Waals surface area (Å²) in [6.45, 7) is 13.0. The number of nitrogens with one attached hydrogen (secondary N) is 2. The van der Waals surface area contributed by atoms with Crippen molar-refractivity contribution in [3.8, 4) is 11.5 Å². The highest BCUT2D eigenvalue weighted by Crippen LogP contribution is 2.43. The van der Waals surface area contributed by atoms with Gasteiger partial charge >= 0.3 is 0 Å². The third-order valence-electron chi connectivity index (χ3n) is 7.68. The van der Waals surface area contributed by atoms with E-state index in [1.54, 1.807) is 28.5 Å². The van der Waals surface area contributed by atoms with Gasteiger partial charge in [0, 0.05) is 30.2 Å². The fourth-order valence-electron chi connectivity index (χ4n) is 5.02. The summed E-state index contributed by atoms with van der Waals surface area (Å²) < 4.78 is 14.1. The number of rotatable bonds is 13. The van der Waals surface area contributed by atoms with E-state index in [9.17, 15) is 9.59 Å². The van der Waals surface area contributed by atoms with Crippen LogP contribution in [0.3, 0.4) is 0 Å². The Kier molecular flexibility index (Phi) is 11.4. The maximum absolute atomic E-state index is 14.1. The zero-order valence-electron chi connectivity index (χ0n) is 26.4. The number of likely N-dealkylation sites (N-methyl/N-ethyl adjacent to an activating group) is 1. The first kappa shape index (κ1) is 33.4. The van der Waals surface area contributed by atoms with Gasteiger partial charge in [0.15, 0.2) is 18.1 Å². The zero-order chi connectivity index (χ0) is 32.0. The first-order chi connectivity index (χ1) is 21.1. The number of amides is 2. The molecule has 2 amide bonds. The number of anilines is 2. The summed E-state index contributed by atoms with van der Waals surface area (Å²) in [6.07, 6.45) is 2.13. The Labute approximate surface area is 272 Å². The molecule has 0 spiro atoms. The molecule has 1 unspecified atom stereocenters.